The Labute approximate surface area is 129 Å². The number of nitrogens with one attached hydrogen (secondary N) is 1. The third-order valence-corrected chi connectivity index (χ3v) is 5.38. The molecule has 1 aromatic carbocycles. The minimum absolute atomic E-state index is 0.00210. The number of benzene rings is 1. The minimum atomic E-state index is -0.00210. The van der Waals surface area contributed by atoms with E-state index in [2.05, 4.69) is 5.32 Å². The highest BCUT2D eigenvalue weighted by Crippen LogP contribution is 2.32. The van der Waals surface area contributed by atoms with Gasteiger partial charge < -0.3 is 10.2 Å². The quantitative estimate of drug-likeness (QED) is 0.913. The van der Waals surface area contributed by atoms with E-state index in [0.717, 1.165) is 23.4 Å². The van der Waals surface area contributed by atoms with Crippen molar-refractivity contribution in [2.24, 2.45) is 0 Å². The number of anilines is 1. The molecule has 1 saturated carbocycles. The Morgan fingerprint density at radius 2 is 2.05 bits per heavy atom. The molecule has 21 heavy (non-hydrogen) atoms. The summed E-state index contributed by atoms with van der Waals surface area (Å²) in [5.74, 6) is 0.495. The fraction of sp³-hybridized carbons (Fsp3) is 0.500. The molecule has 0 unspecified atom stereocenters. The average Bonchev–Trinajstić information content (AvgIpc) is 2.53. The van der Waals surface area contributed by atoms with Crippen LogP contribution in [0.15, 0.2) is 23.1 Å². The van der Waals surface area contributed by atoms with E-state index in [1.807, 2.05) is 24.1 Å². The van der Waals surface area contributed by atoms with Crippen LogP contribution in [0.4, 0.5) is 5.69 Å². The molecular weight excluding hydrogens is 284 g/mol. The number of thioether (sulfide) groups is 1. The van der Waals surface area contributed by atoms with Gasteiger partial charge >= 0.3 is 0 Å². The number of carbonyl (C=O) groups is 2. The van der Waals surface area contributed by atoms with Crippen molar-refractivity contribution in [2.75, 3.05) is 18.1 Å². The second-order valence-electron chi connectivity index (χ2n) is 5.76. The lowest BCUT2D eigenvalue weighted by molar-refractivity contribution is -0.113. The SMILES string of the molecule is CN(C(=O)c1ccc2c(c1)NC(=O)CS2)C1CCCCC1. The second-order valence-corrected chi connectivity index (χ2v) is 6.77. The minimum Gasteiger partial charge on any atom is -0.339 e. The Hall–Kier alpha value is -1.49. The van der Waals surface area contributed by atoms with Crippen LogP contribution in [0.1, 0.15) is 42.5 Å². The second kappa shape index (κ2) is 6.10. The average molecular weight is 304 g/mol. The van der Waals surface area contributed by atoms with Gasteiger partial charge in [0.05, 0.1) is 11.4 Å². The first-order valence-electron chi connectivity index (χ1n) is 7.49. The molecule has 0 spiro atoms. The van der Waals surface area contributed by atoms with Gasteiger partial charge in [-0.15, -0.1) is 11.8 Å². The summed E-state index contributed by atoms with van der Waals surface area (Å²) < 4.78 is 0. The number of hydrogen-bond donors (Lipinski definition) is 1. The first kappa shape index (κ1) is 14.4. The van der Waals surface area contributed by atoms with E-state index in [1.165, 1.54) is 31.0 Å². The van der Waals surface area contributed by atoms with Crippen molar-refractivity contribution in [3.63, 3.8) is 0 Å². The monoisotopic (exact) mass is 304 g/mol. The van der Waals surface area contributed by atoms with Gasteiger partial charge in [0.25, 0.3) is 5.91 Å². The highest BCUT2D eigenvalue weighted by Gasteiger charge is 2.24. The summed E-state index contributed by atoms with van der Waals surface area (Å²) in [5, 5.41) is 2.84. The summed E-state index contributed by atoms with van der Waals surface area (Å²) in [6, 6.07) is 5.96. The van der Waals surface area contributed by atoms with E-state index < -0.39 is 0 Å². The molecule has 3 rings (SSSR count). The molecule has 1 N–H and O–H groups in total. The van der Waals surface area contributed by atoms with Crippen molar-refractivity contribution in [1.82, 2.24) is 4.90 Å². The van der Waals surface area contributed by atoms with Crippen LogP contribution < -0.4 is 5.32 Å². The number of carbonyl (C=O) groups excluding carboxylic acids is 2. The Morgan fingerprint density at radius 3 is 2.81 bits per heavy atom. The van der Waals surface area contributed by atoms with Crippen LogP contribution in [0.3, 0.4) is 0 Å². The molecule has 1 heterocycles. The molecule has 0 radical (unpaired) electrons. The predicted octanol–water partition coefficient (Wildman–Crippen LogP) is 3.14. The molecule has 2 amide bonds. The third kappa shape index (κ3) is 3.07. The van der Waals surface area contributed by atoms with Gasteiger partial charge in [-0.3, -0.25) is 9.59 Å². The number of fused-ring (bicyclic) bond motifs is 1. The number of hydrogen-bond acceptors (Lipinski definition) is 3. The van der Waals surface area contributed by atoms with Crippen LogP contribution in [0.5, 0.6) is 0 Å². The van der Waals surface area contributed by atoms with E-state index in [-0.39, 0.29) is 11.8 Å². The number of amides is 2. The summed E-state index contributed by atoms with van der Waals surface area (Å²) in [4.78, 5) is 27.0. The lowest BCUT2D eigenvalue weighted by Gasteiger charge is -2.31. The number of rotatable bonds is 2. The van der Waals surface area contributed by atoms with Crippen LogP contribution >= 0.6 is 11.8 Å². The fourth-order valence-corrected chi connectivity index (χ4v) is 3.84. The third-order valence-electron chi connectivity index (χ3n) is 4.30. The van der Waals surface area contributed by atoms with Gasteiger partial charge in [0.1, 0.15) is 0 Å². The smallest absolute Gasteiger partial charge is 0.253 e. The summed E-state index contributed by atoms with van der Waals surface area (Å²) >= 11 is 1.52. The fourth-order valence-electron chi connectivity index (χ4n) is 3.05. The summed E-state index contributed by atoms with van der Waals surface area (Å²) in [6.45, 7) is 0. The normalized spacial score (nSPS) is 18.8. The Kier molecular flexibility index (Phi) is 4.19. The van der Waals surface area contributed by atoms with Crippen molar-refractivity contribution >= 4 is 29.3 Å². The zero-order valence-electron chi connectivity index (χ0n) is 12.2. The maximum Gasteiger partial charge on any atom is 0.253 e. The van der Waals surface area contributed by atoms with E-state index in [9.17, 15) is 9.59 Å². The maximum atomic E-state index is 12.6. The zero-order valence-corrected chi connectivity index (χ0v) is 13.0. The topological polar surface area (TPSA) is 49.4 Å². The summed E-state index contributed by atoms with van der Waals surface area (Å²) in [5.41, 5.74) is 1.42. The van der Waals surface area contributed by atoms with Gasteiger partial charge in [0.2, 0.25) is 5.91 Å². The molecule has 4 nitrogen and oxygen atoms in total. The van der Waals surface area contributed by atoms with Gasteiger partial charge in [-0.1, -0.05) is 19.3 Å². The van der Waals surface area contributed by atoms with E-state index >= 15 is 0 Å². The largest absolute Gasteiger partial charge is 0.339 e. The number of nitrogens with zero attached hydrogens (tertiary/aromatic N) is 1. The molecule has 5 heteroatoms. The molecule has 0 saturated heterocycles. The van der Waals surface area contributed by atoms with E-state index in [0.29, 0.717) is 17.4 Å². The molecule has 1 aliphatic heterocycles. The standard InChI is InChI=1S/C16H20N2O2S/c1-18(12-5-3-2-4-6-12)16(20)11-7-8-14-13(9-11)17-15(19)10-21-14/h7-9,12H,2-6,10H2,1H3,(H,17,19). The lowest BCUT2D eigenvalue weighted by atomic mass is 9.94. The van der Waals surface area contributed by atoms with Crippen molar-refractivity contribution in [2.45, 2.75) is 43.0 Å². The molecular formula is C16H20N2O2S. The van der Waals surface area contributed by atoms with Gasteiger partial charge in [0.15, 0.2) is 0 Å². The predicted molar refractivity (Wildman–Crippen MR) is 84.8 cm³/mol. The molecule has 112 valence electrons. The maximum absolute atomic E-state index is 12.6. The van der Waals surface area contributed by atoms with Crippen molar-refractivity contribution < 1.29 is 9.59 Å². The molecule has 0 aromatic heterocycles. The van der Waals surface area contributed by atoms with Crippen LogP contribution in [-0.4, -0.2) is 35.6 Å². The Morgan fingerprint density at radius 1 is 1.29 bits per heavy atom. The summed E-state index contributed by atoms with van der Waals surface area (Å²) in [6.07, 6.45) is 5.89. The molecule has 1 aliphatic carbocycles. The van der Waals surface area contributed by atoms with E-state index in [4.69, 9.17) is 0 Å². The van der Waals surface area contributed by atoms with Crippen LogP contribution in [0.2, 0.25) is 0 Å². The van der Waals surface area contributed by atoms with Gasteiger partial charge in [-0.05, 0) is 31.0 Å². The summed E-state index contributed by atoms with van der Waals surface area (Å²) in [7, 11) is 1.89. The Bertz CT molecular complexity index is 567. The molecule has 1 aromatic rings. The molecule has 2 aliphatic rings. The van der Waals surface area contributed by atoms with Crippen molar-refractivity contribution in [3.05, 3.63) is 23.8 Å². The molecule has 1 fully saturated rings. The highest BCUT2D eigenvalue weighted by atomic mass is 32.2. The first-order chi connectivity index (χ1) is 10.1. The molecule has 0 bridgehead atoms. The van der Waals surface area contributed by atoms with Gasteiger partial charge in [-0.25, -0.2) is 0 Å². The van der Waals surface area contributed by atoms with Crippen molar-refractivity contribution in [3.8, 4) is 0 Å². The van der Waals surface area contributed by atoms with Crippen LogP contribution in [0.25, 0.3) is 0 Å². The van der Waals surface area contributed by atoms with Gasteiger partial charge in [0, 0.05) is 23.5 Å². The lowest BCUT2D eigenvalue weighted by Crippen LogP contribution is -2.38. The van der Waals surface area contributed by atoms with E-state index in [1.54, 1.807) is 6.07 Å². The Balaban J connectivity index is 1.78. The van der Waals surface area contributed by atoms with Crippen LogP contribution in [0, 0.1) is 0 Å². The molecule has 0 atom stereocenters. The first-order valence-corrected chi connectivity index (χ1v) is 8.47. The zero-order chi connectivity index (χ0) is 14.8. The highest BCUT2D eigenvalue weighted by molar-refractivity contribution is 8.00. The van der Waals surface area contributed by atoms with Crippen molar-refractivity contribution in [1.29, 1.82) is 0 Å². The van der Waals surface area contributed by atoms with Crippen LogP contribution in [-0.2, 0) is 4.79 Å². The van der Waals surface area contributed by atoms with Gasteiger partial charge in [-0.2, -0.15) is 0 Å².